The van der Waals surface area contributed by atoms with Crippen molar-refractivity contribution in [2.75, 3.05) is 0 Å². The number of carbonyl (C=O) groups is 1. The normalized spacial score (nSPS) is 11.7. The number of carboxylic acid groups (broad SMARTS) is 1. The highest BCUT2D eigenvalue weighted by atomic mass is 19.4. The average Bonchev–Trinajstić information content (AvgIpc) is 2.75. The van der Waals surface area contributed by atoms with Crippen molar-refractivity contribution in [2.45, 2.75) is 12.7 Å². The molecule has 2 aromatic carbocycles. The molecule has 4 rings (SSSR count). The number of carboxylic acids is 1. The Kier molecular flexibility index (Phi) is 4.92. The maximum Gasteiger partial charge on any atom is 0.416 e. The van der Waals surface area contributed by atoms with Crippen LogP contribution in [0.25, 0.3) is 27.4 Å². The van der Waals surface area contributed by atoms with Gasteiger partial charge in [0.15, 0.2) is 0 Å². The van der Waals surface area contributed by atoms with Crippen LogP contribution in [0.5, 0.6) is 0 Å². The van der Waals surface area contributed by atoms with Gasteiger partial charge in [-0.25, -0.2) is 14.2 Å². The molecule has 0 aliphatic carbocycles. The van der Waals surface area contributed by atoms with E-state index in [0.717, 1.165) is 16.7 Å². The Balaban J connectivity index is 2.15. The molecule has 2 heterocycles. The molecule has 0 amide bonds. The lowest BCUT2D eigenvalue weighted by Crippen LogP contribution is -2.40. The molecular weight excluding hydrogens is 427 g/mol. The van der Waals surface area contributed by atoms with Gasteiger partial charge in [0.25, 0.3) is 5.56 Å². The van der Waals surface area contributed by atoms with Crippen LogP contribution in [-0.2, 0) is 17.5 Å². The van der Waals surface area contributed by atoms with E-state index in [4.69, 9.17) is 0 Å². The third-order valence-corrected chi connectivity index (χ3v) is 5.01. The fourth-order valence-electron chi connectivity index (χ4n) is 3.45. The third-order valence-electron chi connectivity index (χ3n) is 5.01. The van der Waals surface area contributed by atoms with Gasteiger partial charge in [0, 0.05) is 22.5 Å². The van der Waals surface area contributed by atoms with Crippen molar-refractivity contribution < 1.29 is 23.1 Å². The third kappa shape index (κ3) is 3.45. The highest BCUT2D eigenvalue weighted by Crippen LogP contribution is 2.30. The van der Waals surface area contributed by atoms with Crippen molar-refractivity contribution in [3.05, 3.63) is 93.4 Å². The highest BCUT2D eigenvalue weighted by molar-refractivity contribution is 5.90. The minimum atomic E-state index is -4.72. The molecular formula is C22H14F3N3O4. The van der Waals surface area contributed by atoms with Crippen molar-refractivity contribution in [3.8, 4) is 5.69 Å². The maximum absolute atomic E-state index is 13.3. The summed E-state index contributed by atoms with van der Waals surface area (Å²) >= 11 is 0. The number of aliphatic carboxylic acids is 1. The van der Waals surface area contributed by atoms with Crippen LogP contribution in [0.1, 0.15) is 5.56 Å². The van der Waals surface area contributed by atoms with Gasteiger partial charge in [-0.05, 0) is 18.2 Å². The lowest BCUT2D eigenvalue weighted by atomic mass is 10.1. The molecule has 0 bridgehead atoms. The Hall–Kier alpha value is -4.21. The summed E-state index contributed by atoms with van der Waals surface area (Å²) in [5.41, 5.74) is -3.44. The maximum atomic E-state index is 13.3. The van der Waals surface area contributed by atoms with Crippen molar-refractivity contribution >= 4 is 27.6 Å². The zero-order chi connectivity index (χ0) is 23.2. The lowest BCUT2D eigenvalue weighted by Gasteiger charge is -2.16. The summed E-state index contributed by atoms with van der Waals surface area (Å²) in [7, 11) is 0. The first-order chi connectivity index (χ1) is 15.1. The van der Waals surface area contributed by atoms with Crippen LogP contribution < -0.4 is 11.2 Å². The predicted molar refractivity (Wildman–Crippen MR) is 111 cm³/mol. The molecule has 2 aromatic heterocycles. The Labute approximate surface area is 177 Å². The fourth-order valence-corrected chi connectivity index (χ4v) is 3.45. The summed E-state index contributed by atoms with van der Waals surface area (Å²) in [5, 5.41) is 9.87. The quantitative estimate of drug-likeness (QED) is 0.490. The molecule has 162 valence electrons. The van der Waals surface area contributed by atoms with E-state index in [-0.39, 0.29) is 16.8 Å². The van der Waals surface area contributed by atoms with E-state index in [0.29, 0.717) is 21.4 Å². The second-order valence-electron chi connectivity index (χ2n) is 7.03. The first-order valence-electron chi connectivity index (χ1n) is 9.20. The molecule has 1 N–H and O–H groups in total. The van der Waals surface area contributed by atoms with Gasteiger partial charge >= 0.3 is 17.8 Å². The zero-order valence-corrected chi connectivity index (χ0v) is 16.3. The highest BCUT2D eigenvalue weighted by Gasteiger charge is 2.31. The number of nitrogens with zero attached hydrogens (tertiary/aromatic N) is 3. The molecule has 0 aliphatic heterocycles. The van der Waals surface area contributed by atoms with Gasteiger partial charge in [0.1, 0.15) is 0 Å². The van der Waals surface area contributed by atoms with Gasteiger partial charge in [-0.1, -0.05) is 30.8 Å². The van der Waals surface area contributed by atoms with Gasteiger partial charge in [-0.15, -0.1) is 0 Å². The fraction of sp³-hybridized carbons (Fsp3) is 0.0909. The molecule has 0 spiro atoms. The SMILES string of the molecule is C=C(Cn1c(=O)n(-c2cncc3ccccc23)c(=O)c2cc(C(F)(F)F)ccc21)C(=O)O. The number of hydrogen-bond donors (Lipinski definition) is 1. The van der Waals surface area contributed by atoms with Crippen LogP contribution in [0.15, 0.2) is 76.6 Å². The Bertz CT molecular complexity index is 1530. The minimum absolute atomic E-state index is 0.0621. The lowest BCUT2D eigenvalue weighted by molar-refractivity contribution is -0.137. The van der Waals surface area contributed by atoms with Crippen LogP contribution in [0.3, 0.4) is 0 Å². The number of hydrogen-bond acceptors (Lipinski definition) is 4. The zero-order valence-electron chi connectivity index (χ0n) is 16.3. The summed E-state index contributed by atoms with van der Waals surface area (Å²) in [6.07, 6.45) is -1.96. The number of halogens is 3. The molecule has 4 aromatic rings. The standard InChI is InChI=1S/C22H14F3N3O4/c1-12(20(30)31)11-27-17-7-6-14(22(23,24)25)8-16(17)19(29)28(21(27)32)18-10-26-9-13-4-2-3-5-15(13)18/h2-10H,1,11H2,(H,30,31). The Morgan fingerprint density at radius 2 is 1.78 bits per heavy atom. The van der Waals surface area contributed by atoms with E-state index >= 15 is 0 Å². The van der Waals surface area contributed by atoms with E-state index in [1.165, 1.54) is 12.4 Å². The van der Waals surface area contributed by atoms with Crippen molar-refractivity contribution in [2.24, 2.45) is 0 Å². The number of fused-ring (bicyclic) bond motifs is 2. The van der Waals surface area contributed by atoms with E-state index < -0.39 is 40.9 Å². The topological polar surface area (TPSA) is 94.2 Å². The Morgan fingerprint density at radius 3 is 2.47 bits per heavy atom. The van der Waals surface area contributed by atoms with Crippen LogP contribution in [0.2, 0.25) is 0 Å². The molecule has 0 radical (unpaired) electrons. The molecule has 0 atom stereocenters. The second-order valence-corrected chi connectivity index (χ2v) is 7.03. The van der Waals surface area contributed by atoms with Gasteiger partial charge in [-0.3, -0.25) is 14.3 Å². The van der Waals surface area contributed by atoms with Gasteiger partial charge in [-0.2, -0.15) is 13.2 Å². The number of aromatic nitrogens is 3. The molecule has 7 nitrogen and oxygen atoms in total. The second kappa shape index (κ2) is 7.49. The summed E-state index contributed by atoms with van der Waals surface area (Å²) in [4.78, 5) is 41.9. The van der Waals surface area contributed by atoms with E-state index in [9.17, 15) is 32.7 Å². The largest absolute Gasteiger partial charge is 0.478 e. The summed E-state index contributed by atoms with van der Waals surface area (Å²) in [5.74, 6) is -1.39. The van der Waals surface area contributed by atoms with Crippen molar-refractivity contribution in [1.82, 2.24) is 14.1 Å². The van der Waals surface area contributed by atoms with Crippen LogP contribution in [0.4, 0.5) is 13.2 Å². The summed E-state index contributed by atoms with van der Waals surface area (Å²) in [6.45, 7) is 2.86. The number of pyridine rings is 1. The molecule has 0 saturated carbocycles. The summed E-state index contributed by atoms with van der Waals surface area (Å²) < 4.78 is 41.5. The summed E-state index contributed by atoms with van der Waals surface area (Å²) in [6, 6.07) is 9.07. The molecule has 0 aliphatic rings. The Morgan fingerprint density at radius 1 is 1.06 bits per heavy atom. The van der Waals surface area contributed by atoms with Gasteiger partial charge < -0.3 is 5.11 Å². The monoisotopic (exact) mass is 441 g/mol. The molecule has 0 unspecified atom stereocenters. The average molecular weight is 441 g/mol. The molecule has 0 saturated heterocycles. The molecule has 10 heteroatoms. The number of benzene rings is 2. The van der Waals surface area contributed by atoms with Gasteiger partial charge in [0.05, 0.1) is 34.9 Å². The van der Waals surface area contributed by atoms with Crippen LogP contribution in [-0.4, -0.2) is 25.2 Å². The first kappa shape index (κ1) is 21.0. The first-order valence-corrected chi connectivity index (χ1v) is 9.20. The number of alkyl halides is 3. The smallest absolute Gasteiger partial charge is 0.416 e. The van der Waals surface area contributed by atoms with E-state index in [1.54, 1.807) is 24.3 Å². The number of rotatable bonds is 4. The molecule has 32 heavy (non-hydrogen) atoms. The molecule has 0 fully saturated rings. The van der Waals surface area contributed by atoms with Crippen molar-refractivity contribution in [1.29, 1.82) is 0 Å². The predicted octanol–water partition coefficient (Wildman–Crippen LogP) is 3.36. The van der Waals surface area contributed by atoms with E-state index in [2.05, 4.69) is 11.6 Å². The van der Waals surface area contributed by atoms with Crippen molar-refractivity contribution in [3.63, 3.8) is 0 Å². The van der Waals surface area contributed by atoms with Gasteiger partial charge in [0.2, 0.25) is 0 Å². The van der Waals surface area contributed by atoms with Crippen LogP contribution in [0, 0.1) is 0 Å². The minimum Gasteiger partial charge on any atom is -0.478 e. The van der Waals surface area contributed by atoms with E-state index in [1.807, 2.05) is 0 Å². The van der Waals surface area contributed by atoms with Crippen LogP contribution >= 0.6 is 0 Å².